The first kappa shape index (κ1) is 23.2. The van der Waals surface area contributed by atoms with E-state index in [1.807, 2.05) is 18.2 Å². The fourth-order valence-corrected chi connectivity index (χ4v) is 10.4. The van der Waals surface area contributed by atoms with Gasteiger partial charge in [0.05, 0.1) is 16.9 Å². The second-order valence-electron chi connectivity index (χ2n) is 10.1. The number of fused-ring (bicyclic) bond motifs is 9. The molecule has 3 heterocycles. The molecule has 3 fully saturated rings. The molecule has 4 aliphatic rings. The highest BCUT2D eigenvalue weighted by Gasteiger charge is 2.69. The summed E-state index contributed by atoms with van der Waals surface area (Å²) in [4.78, 5) is 43.6. The van der Waals surface area contributed by atoms with Crippen molar-refractivity contribution in [2.45, 2.75) is 48.3 Å². The molecule has 6 rings (SSSR count). The van der Waals surface area contributed by atoms with Crippen LogP contribution in [-0.2, 0) is 14.4 Å². The number of aromatic hydroxyl groups is 1. The highest BCUT2D eigenvalue weighted by Crippen LogP contribution is 2.69. The Kier molecular flexibility index (Phi) is 5.80. The lowest BCUT2D eigenvalue weighted by atomic mass is 9.68. The van der Waals surface area contributed by atoms with Gasteiger partial charge in [0.15, 0.2) is 3.95 Å². The van der Waals surface area contributed by atoms with E-state index in [1.165, 1.54) is 4.90 Å². The van der Waals surface area contributed by atoms with E-state index >= 15 is 0 Å². The Morgan fingerprint density at radius 3 is 2.60 bits per heavy atom. The van der Waals surface area contributed by atoms with E-state index in [0.717, 1.165) is 21.9 Å². The van der Waals surface area contributed by atoms with Gasteiger partial charge in [0.25, 0.3) is 0 Å². The van der Waals surface area contributed by atoms with E-state index in [1.54, 1.807) is 29.2 Å². The van der Waals surface area contributed by atoms with Crippen LogP contribution < -0.4 is 0 Å². The molecule has 1 saturated heterocycles. The Hall–Kier alpha value is -2.17. The van der Waals surface area contributed by atoms with Gasteiger partial charge in [-0.05, 0) is 55.3 Å². The number of hydrogen-bond acceptors (Lipinski definition) is 7. The number of imide groups is 1. The number of carboxylic acids is 1. The summed E-state index contributed by atoms with van der Waals surface area (Å²) in [5.41, 5.74) is 0.866. The first-order valence-corrected chi connectivity index (χ1v) is 14.2. The molecule has 10 heteroatoms. The van der Waals surface area contributed by atoms with Crippen LogP contribution in [0.1, 0.15) is 48.5 Å². The standard InChI is InChI=1S/C25H26N2O5S3/c28-14-7-4-3-6-11(14)16-17-12-10-13(20(17)34-22-21(16)35-25(33)26-22)19-18(12)23(31)27(24(19)32)9-5-1-2-8-15(29)30/h3-4,6-7,12-13,16-20,28H,1-2,5,8-10H2,(H,26,33)(H,29,30). The van der Waals surface area contributed by atoms with Crippen LogP contribution in [0.4, 0.5) is 0 Å². The van der Waals surface area contributed by atoms with Gasteiger partial charge < -0.3 is 15.2 Å². The number of likely N-dealkylation sites (tertiary alicyclic amines) is 1. The Bertz CT molecular complexity index is 1270. The maximum absolute atomic E-state index is 13.5. The first-order chi connectivity index (χ1) is 16.9. The number of aromatic amines is 1. The van der Waals surface area contributed by atoms with Crippen LogP contribution in [0, 0.1) is 33.5 Å². The molecule has 2 saturated carbocycles. The lowest BCUT2D eigenvalue weighted by Gasteiger charge is -2.43. The van der Waals surface area contributed by atoms with E-state index in [0.29, 0.717) is 29.8 Å². The lowest BCUT2D eigenvalue weighted by molar-refractivity contribution is -0.141. The van der Waals surface area contributed by atoms with Crippen molar-refractivity contribution in [2.75, 3.05) is 6.54 Å². The second kappa shape index (κ2) is 8.74. The van der Waals surface area contributed by atoms with Gasteiger partial charge in [0, 0.05) is 34.6 Å². The van der Waals surface area contributed by atoms with Crippen molar-refractivity contribution in [3.05, 3.63) is 38.7 Å². The number of benzene rings is 1. The summed E-state index contributed by atoms with van der Waals surface area (Å²) in [5, 5.41) is 20.8. The van der Waals surface area contributed by atoms with Gasteiger partial charge in [-0.1, -0.05) is 24.6 Å². The van der Waals surface area contributed by atoms with E-state index < -0.39 is 5.97 Å². The molecule has 1 aromatic heterocycles. The summed E-state index contributed by atoms with van der Waals surface area (Å²) in [6.45, 7) is 0.371. The first-order valence-electron chi connectivity index (χ1n) is 12.1. The SMILES string of the molecule is O=C(O)CCCCCN1C(=O)C2C3CC(C2C1=O)C1C(c2ccccc2O)c2sc(=S)[nH]c2SC31. The molecular formula is C25H26N2O5S3. The van der Waals surface area contributed by atoms with Gasteiger partial charge in [0.1, 0.15) is 5.75 Å². The average molecular weight is 531 g/mol. The number of para-hydroxylation sites is 1. The van der Waals surface area contributed by atoms with Gasteiger partial charge in [-0.25, -0.2) is 0 Å². The van der Waals surface area contributed by atoms with Gasteiger partial charge >= 0.3 is 5.97 Å². The zero-order chi connectivity index (χ0) is 24.4. The minimum Gasteiger partial charge on any atom is -0.508 e. The third kappa shape index (κ3) is 3.59. The molecule has 2 aliphatic heterocycles. The number of thioether (sulfide) groups is 1. The van der Waals surface area contributed by atoms with Crippen molar-refractivity contribution >= 4 is 53.1 Å². The van der Waals surface area contributed by atoms with Crippen LogP contribution in [0.15, 0.2) is 29.3 Å². The molecule has 2 amide bonds. The van der Waals surface area contributed by atoms with E-state index in [-0.39, 0.29) is 64.7 Å². The quantitative estimate of drug-likeness (QED) is 0.272. The number of phenols is 1. The van der Waals surface area contributed by atoms with Gasteiger partial charge in [-0.2, -0.15) is 0 Å². The van der Waals surface area contributed by atoms with Crippen molar-refractivity contribution in [3.8, 4) is 5.75 Å². The summed E-state index contributed by atoms with van der Waals surface area (Å²) in [6.07, 6.45) is 2.84. The molecule has 1 aromatic carbocycles. The largest absolute Gasteiger partial charge is 0.508 e. The Balaban J connectivity index is 1.30. The van der Waals surface area contributed by atoms with Crippen molar-refractivity contribution < 1.29 is 24.6 Å². The number of phenolic OH excluding ortho intramolecular Hbond substituents is 1. The molecular weight excluding hydrogens is 504 g/mol. The summed E-state index contributed by atoms with van der Waals surface area (Å²) in [7, 11) is 0. The zero-order valence-corrected chi connectivity index (χ0v) is 21.3. The molecule has 3 N–H and O–H groups in total. The summed E-state index contributed by atoms with van der Waals surface area (Å²) in [5.74, 6) is -0.933. The number of aliphatic carboxylic acids is 1. The van der Waals surface area contributed by atoms with E-state index in [9.17, 15) is 19.5 Å². The Morgan fingerprint density at radius 1 is 1.11 bits per heavy atom. The van der Waals surface area contributed by atoms with Crippen LogP contribution in [-0.4, -0.2) is 49.7 Å². The number of carbonyl (C=O) groups excluding carboxylic acids is 2. The van der Waals surface area contributed by atoms with Crippen molar-refractivity contribution in [1.29, 1.82) is 0 Å². The predicted molar refractivity (Wildman–Crippen MR) is 134 cm³/mol. The normalized spacial score (nSPS) is 32.6. The van der Waals surface area contributed by atoms with E-state index in [2.05, 4.69) is 4.98 Å². The molecule has 0 radical (unpaired) electrons. The molecule has 7 nitrogen and oxygen atoms in total. The summed E-state index contributed by atoms with van der Waals surface area (Å²) >= 11 is 8.78. The summed E-state index contributed by atoms with van der Waals surface area (Å²) in [6, 6.07) is 7.43. The highest BCUT2D eigenvalue weighted by molar-refractivity contribution is 8.00. The maximum atomic E-state index is 13.5. The number of H-pyrrole nitrogens is 1. The number of amides is 2. The number of hydrogen-bond donors (Lipinski definition) is 3. The second-order valence-corrected chi connectivity index (χ2v) is 13.0. The lowest BCUT2D eigenvalue weighted by Crippen LogP contribution is -2.42. The number of rotatable bonds is 7. The fraction of sp³-hybridized carbons (Fsp3) is 0.520. The molecule has 7 unspecified atom stereocenters. The van der Waals surface area contributed by atoms with Crippen LogP contribution in [0.2, 0.25) is 0 Å². The third-order valence-electron chi connectivity index (χ3n) is 8.36. The maximum Gasteiger partial charge on any atom is 0.303 e. The highest BCUT2D eigenvalue weighted by atomic mass is 32.2. The number of carbonyl (C=O) groups is 3. The minimum absolute atomic E-state index is 0.0482. The number of thiazole rings is 1. The van der Waals surface area contributed by atoms with Gasteiger partial charge in [-0.15, -0.1) is 23.1 Å². The number of nitrogens with one attached hydrogen (secondary N) is 1. The Morgan fingerprint density at radius 2 is 1.86 bits per heavy atom. The van der Waals surface area contributed by atoms with Crippen LogP contribution >= 0.6 is 35.3 Å². The fourth-order valence-electron chi connectivity index (χ4n) is 7.12. The van der Waals surface area contributed by atoms with Gasteiger partial charge in [0.2, 0.25) is 11.8 Å². The van der Waals surface area contributed by atoms with E-state index in [4.69, 9.17) is 17.3 Å². The third-order valence-corrected chi connectivity index (χ3v) is 11.3. The predicted octanol–water partition coefficient (Wildman–Crippen LogP) is 4.63. The molecule has 2 bridgehead atoms. The van der Waals surface area contributed by atoms with Crippen molar-refractivity contribution in [3.63, 3.8) is 0 Å². The number of unbranched alkanes of at least 4 members (excludes halogenated alkanes) is 2. The van der Waals surface area contributed by atoms with Crippen LogP contribution in [0.3, 0.4) is 0 Å². The number of carboxylic acid groups (broad SMARTS) is 1. The molecule has 0 spiro atoms. The zero-order valence-electron chi connectivity index (χ0n) is 18.9. The summed E-state index contributed by atoms with van der Waals surface area (Å²) < 4.78 is 0.705. The smallest absolute Gasteiger partial charge is 0.303 e. The molecule has 2 aromatic rings. The molecule has 184 valence electrons. The topological polar surface area (TPSA) is 111 Å². The number of nitrogens with zero attached hydrogens (tertiary/aromatic N) is 1. The molecule has 7 atom stereocenters. The van der Waals surface area contributed by atoms with Crippen molar-refractivity contribution in [2.24, 2.45) is 29.6 Å². The van der Waals surface area contributed by atoms with Crippen LogP contribution in [0.5, 0.6) is 5.75 Å². The molecule has 35 heavy (non-hydrogen) atoms. The average Bonchev–Trinajstić information content (AvgIpc) is 3.54. The Labute approximate surface area is 215 Å². The molecule has 2 aliphatic carbocycles. The van der Waals surface area contributed by atoms with Gasteiger partial charge in [-0.3, -0.25) is 19.3 Å². The number of aromatic nitrogens is 1. The minimum atomic E-state index is -0.822. The van der Waals surface area contributed by atoms with Crippen LogP contribution in [0.25, 0.3) is 0 Å². The van der Waals surface area contributed by atoms with Crippen molar-refractivity contribution in [1.82, 2.24) is 9.88 Å². The monoisotopic (exact) mass is 530 g/mol.